The van der Waals surface area contributed by atoms with E-state index in [0.717, 1.165) is 24.2 Å². The van der Waals surface area contributed by atoms with E-state index in [4.69, 9.17) is 4.74 Å². The number of nitrogens with one attached hydrogen (secondary N) is 2. The Morgan fingerprint density at radius 3 is 2.46 bits per heavy atom. The lowest BCUT2D eigenvalue weighted by Gasteiger charge is -2.28. The van der Waals surface area contributed by atoms with Gasteiger partial charge in [0.1, 0.15) is 17.8 Å². The van der Waals surface area contributed by atoms with Gasteiger partial charge in [0.2, 0.25) is 5.91 Å². The molecule has 0 radical (unpaired) electrons. The number of carboxylic acids is 1. The molecule has 3 rings (SSSR count). The van der Waals surface area contributed by atoms with E-state index < -0.39 is 18.1 Å². The molecule has 3 N–H and O–H groups in total. The number of nitrogens with zero attached hydrogens (tertiary/aromatic N) is 1. The second kappa shape index (κ2) is 6.78. The topological polar surface area (TPSA) is 90.9 Å². The number of hydrazine groups is 1. The highest BCUT2D eigenvalue weighted by Gasteiger charge is 2.42. The minimum atomic E-state index is -0.965. The molecule has 0 aromatic heterocycles. The third kappa shape index (κ3) is 3.37. The van der Waals surface area contributed by atoms with Crippen LogP contribution in [0.1, 0.15) is 37.8 Å². The summed E-state index contributed by atoms with van der Waals surface area (Å²) in [5, 5.41) is 9.26. The van der Waals surface area contributed by atoms with Crippen LogP contribution in [0, 0.1) is 0 Å². The molecular formula is C17H23N3O4. The van der Waals surface area contributed by atoms with Crippen molar-refractivity contribution in [2.24, 2.45) is 0 Å². The Morgan fingerprint density at radius 2 is 1.92 bits per heavy atom. The van der Waals surface area contributed by atoms with Crippen LogP contribution in [0.4, 0.5) is 0 Å². The van der Waals surface area contributed by atoms with Gasteiger partial charge in [-0.1, -0.05) is 12.1 Å². The number of ether oxygens (including phenoxy) is 1. The van der Waals surface area contributed by atoms with Gasteiger partial charge in [-0.25, -0.2) is 15.6 Å². The molecule has 1 aliphatic heterocycles. The first-order valence-corrected chi connectivity index (χ1v) is 8.21. The summed E-state index contributed by atoms with van der Waals surface area (Å²) in [5.41, 5.74) is 7.22. The standard InChI is InChI=1S/C17H23N3O4/c1-10(17(22)23)20(12-5-6-12)16(21)15-9-14(18-19-15)11-3-7-13(24-2)8-4-11/h3-4,7-8,10,12,14-15,18-19H,5-6,9H2,1-2H3,(H,22,23). The van der Waals surface area contributed by atoms with E-state index in [0.29, 0.717) is 6.42 Å². The van der Waals surface area contributed by atoms with E-state index in [2.05, 4.69) is 10.9 Å². The molecule has 130 valence electrons. The number of carbonyl (C=O) groups is 2. The number of hydrogen-bond acceptors (Lipinski definition) is 5. The molecular weight excluding hydrogens is 310 g/mol. The number of rotatable bonds is 6. The van der Waals surface area contributed by atoms with E-state index in [1.54, 1.807) is 14.0 Å². The zero-order chi connectivity index (χ0) is 17.3. The summed E-state index contributed by atoms with van der Waals surface area (Å²) in [5.74, 6) is -0.323. The van der Waals surface area contributed by atoms with Crippen LogP contribution < -0.4 is 15.6 Å². The average Bonchev–Trinajstić information content (AvgIpc) is 3.29. The van der Waals surface area contributed by atoms with Crippen LogP contribution in [0.15, 0.2) is 24.3 Å². The summed E-state index contributed by atoms with van der Waals surface area (Å²) in [4.78, 5) is 25.6. The maximum absolute atomic E-state index is 12.8. The quantitative estimate of drug-likeness (QED) is 0.721. The Morgan fingerprint density at radius 1 is 1.25 bits per heavy atom. The van der Waals surface area contributed by atoms with Crippen molar-refractivity contribution in [3.05, 3.63) is 29.8 Å². The molecule has 1 aromatic rings. The lowest BCUT2D eigenvalue weighted by atomic mass is 10.0. The minimum Gasteiger partial charge on any atom is -0.497 e. The summed E-state index contributed by atoms with van der Waals surface area (Å²) in [7, 11) is 1.62. The van der Waals surface area contributed by atoms with Crippen LogP contribution in [-0.2, 0) is 9.59 Å². The Balaban J connectivity index is 1.67. The van der Waals surface area contributed by atoms with Crippen molar-refractivity contribution in [3.63, 3.8) is 0 Å². The molecule has 2 aliphatic rings. The number of aliphatic carboxylic acids is 1. The third-order valence-electron chi connectivity index (χ3n) is 4.69. The van der Waals surface area contributed by atoms with Crippen molar-refractivity contribution in [3.8, 4) is 5.75 Å². The number of amides is 1. The molecule has 3 unspecified atom stereocenters. The molecule has 1 saturated heterocycles. The van der Waals surface area contributed by atoms with Crippen molar-refractivity contribution in [2.75, 3.05) is 7.11 Å². The molecule has 1 heterocycles. The van der Waals surface area contributed by atoms with Gasteiger partial charge in [-0.2, -0.15) is 0 Å². The molecule has 7 heteroatoms. The molecule has 1 aromatic carbocycles. The van der Waals surface area contributed by atoms with E-state index in [1.165, 1.54) is 4.90 Å². The first-order chi connectivity index (χ1) is 11.5. The fourth-order valence-electron chi connectivity index (χ4n) is 3.11. The number of carboxylic acid groups (broad SMARTS) is 1. The Hall–Kier alpha value is -2.12. The van der Waals surface area contributed by atoms with Crippen molar-refractivity contribution < 1.29 is 19.4 Å². The molecule has 0 bridgehead atoms. The summed E-state index contributed by atoms with van der Waals surface area (Å²) in [6.07, 6.45) is 2.34. The first kappa shape index (κ1) is 16.7. The number of methoxy groups -OCH3 is 1. The summed E-state index contributed by atoms with van der Waals surface area (Å²) in [6.45, 7) is 1.57. The van der Waals surface area contributed by atoms with Gasteiger partial charge in [0.15, 0.2) is 0 Å². The van der Waals surface area contributed by atoms with E-state index >= 15 is 0 Å². The number of benzene rings is 1. The van der Waals surface area contributed by atoms with Crippen LogP contribution in [0.3, 0.4) is 0 Å². The smallest absolute Gasteiger partial charge is 0.326 e. The van der Waals surface area contributed by atoms with Crippen molar-refractivity contribution >= 4 is 11.9 Å². The van der Waals surface area contributed by atoms with Crippen molar-refractivity contribution in [1.82, 2.24) is 15.8 Å². The molecule has 7 nitrogen and oxygen atoms in total. The Kier molecular flexibility index (Phi) is 4.73. The number of hydrogen-bond donors (Lipinski definition) is 3. The zero-order valence-electron chi connectivity index (χ0n) is 13.9. The largest absolute Gasteiger partial charge is 0.497 e. The fraction of sp³-hybridized carbons (Fsp3) is 0.529. The van der Waals surface area contributed by atoms with Crippen molar-refractivity contribution in [2.45, 2.75) is 50.4 Å². The monoisotopic (exact) mass is 333 g/mol. The predicted molar refractivity (Wildman–Crippen MR) is 87.4 cm³/mol. The van der Waals surface area contributed by atoms with Gasteiger partial charge in [0.05, 0.1) is 7.11 Å². The Bertz CT molecular complexity index is 615. The van der Waals surface area contributed by atoms with E-state index in [-0.39, 0.29) is 18.0 Å². The van der Waals surface area contributed by atoms with Crippen molar-refractivity contribution in [1.29, 1.82) is 0 Å². The highest BCUT2D eigenvalue weighted by molar-refractivity contribution is 5.87. The van der Waals surface area contributed by atoms with Crippen LogP contribution in [-0.4, -0.2) is 47.1 Å². The second-order valence-electron chi connectivity index (χ2n) is 6.39. The molecule has 1 amide bonds. The van der Waals surface area contributed by atoms with Gasteiger partial charge in [0.25, 0.3) is 0 Å². The molecule has 1 aliphatic carbocycles. The van der Waals surface area contributed by atoms with Gasteiger partial charge < -0.3 is 14.7 Å². The molecule has 2 fully saturated rings. The molecule has 0 spiro atoms. The maximum atomic E-state index is 12.8. The molecule has 1 saturated carbocycles. The Labute approximate surface area is 140 Å². The van der Waals surface area contributed by atoms with Crippen LogP contribution in [0.25, 0.3) is 0 Å². The zero-order valence-corrected chi connectivity index (χ0v) is 13.9. The normalized spacial score (nSPS) is 24.4. The lowest BCUT2D eigenvalue weighted by Crippen LogP contribution is -2.52. The predicted octanol–water partition coefficient (Wildman–Crippen LogP) is 1.07. The summed E-state index contributed by atoms with van der Waals surface area (Å²) >= 11 is 0. The van der Waals surface area contributed by atoms with Crippen LogP contribution in [0.5, 0.6) is 5.75 Å². The van der Waals surface area contributed by atoms with Crippen LogP contribution in [0.2, 0.25) is 0 Å². The number of carbonyl (C=O) groups excluding carboxylic acids is 1. The maximum Gasteiger partial charge on any atom is 0.326 e. The highest BCUT2D eigenvalue weighted by Crippen LogP contribution is 2.31. The van der Waals surface area contributed by atoms with Crippen LogP contribution >= 0.6 is 0 Å². The third-order valence-corrected chi connectivity index (χ3v) is 4.69. The fourth-order valence-corrected chi connectivity index (χ4v) is 3.11. The second-order valence-corrected chi connectivity index (χ2v) is 6.39. The lowest BCUT2D eigenvalue weighted by molar-refractivity contribution is -0.150. The summed E-state index contributed by atoms with van der Waals surface area (Å²) < 4.78 is 5.15. The van der Waals surface area contributed by atoms with E-state index in [1.807, 2.05) is 24.3 Å². The van der Waals surface area contributed by atoms with Gasteiger partial charge >= 0.3 is 5.97 Å². The minimum absolute atomic E-state index is 0.00560. The van der Waals surface area contributed by atoms with E-state index in [9.17, 15) is 14.7 Å². The molecule has 3 atom stereocenters. The average molecular weight is 333 g/mol. The first-order valence-electron chi connectivity index (χ1n) is 8.21. The van der Waals surface area contributed by atoms with Gasteiger partial charge in [0, 0.05) is 12.1 Å². The van der Waals surface area contributed by atoms with Gasteiger partial charge in [-0.15, -0.1) is 0 Å². The van der Waals surface area contributed by atoms with Gasteiger partial charge in [-0.05, 0) is 43.9 Å². The highest BCUT2D eigenvalue weighted by atomic mass is 16.5. The SMILES string of the molecule is COc1ccc(C2CC(C(=O)N(C3CC3)C(C)C(=O)O)NN2)cc1. The van der Waals surface area contributed by atoms with Gasteiger partial charge in [-0.3, -0.25) is 4.79 Å². The molecule has 24 heavy (non-hydrogen) atoms. The summed E-state index contributed by atoms with van der Waals surface area (Å²) in [6, 6.07) is 6.54.